The summed E-state index contributed by atoms with van der Waals surface area (Å²) in [6, 6.07) is 7.21. The molecule has 1 aliphatic carbocycles. The van der Waals surface area contributed by atoms with Crippen LogP contribution >= 0.6 is 0 Å². The molecule has 1 aromatic rings. The quantitative estimate of drug-likeness (QED) is 0.862. The monoisotopic (exact) mass is 233 g/mol. The number of ether oxygens (including phenoxy) is 1. The van der Waals surface area contributed by atoms with E-state index in [1.54, 1.807) is 7.11 Å². The molecule has 1 N–H and O–H groups in total. The first kappa shape index (κ1) is 12.4. The molecule has 94 valence electrons. The van der Waals surface area contributed by atoms with Crippen molar-refractivity contribution in [3.05, 3.63) is 29.3 Å². The van der Waals surface area contributed by atoms with Gasteiger partial charge < -0.3 is 10.1 Å². The molecular weight excluding hydrogens is 210 g/mol. The van der Waals surface area contributed by atoms with Crippen molar-refractivity contribution in [1.82, 2.24) is 5.32 Å². The predicted molar refractivity (Wildman–Crippen MR) is 71.8 cm³/mol. The fourth-order valence-corrected chi connectivity index (χ4v) is 2.91. The van der Waals surface area contributed by atoms with Crippen LogP contribution in [0.3, 0.4) is 0 Å². The van der Waals surface area contributed by atoms with Gasteiger partial charge in [0.05, 0.1) is 7.11 Å². The van der Waals surface area contributed by atoms with Crippen molar-refractivity contribution >= 4 is 0 Å². The Bertz CT molecular complexity index is 375. The largest absolute Gasteiger partial charge is 0.496 e. The number of nitrogens with one attached hydrogen (secondary N) is 1. The molecule has 1 aliphatic rings. The van der Waals surface area contributed by atoms with E-state index in [4.69, 9.17) is 4.74 Å². The summed E-state index contributed by atoms with van der Waals surface area (Å²) in [6.45, 7) is 5.41. The van der Waals surface area contributed by atoms with Crippen LogP contribution < -0.4 is 10.1 Å². The lowest BCUT2D eigenvalue weighted by molar-refractivity contribution is 0.404. The molecule has 0 spiro atoms. The molecule has 1 fully saturated rings. The summed E-state index contributed by atoms with van der Waals surface area (Å²) in [7, 11) is 1.77. The van der Waals surface area contributed by atoms with E-state index >= 15 is 0 Å². The molecule has 0 saturated heterocycles. The molecule has 2 unspecified atom stereocenters. The van der Waals surface area contributed by atoms with Crippen molar-refractivity contribution in [1.29, 1.82) is 0 Å². The molecule has 1 saturated carbocycles. The number of aryl methyl sites for hydroxylation is 1. The average molecular weight is 233 g/mol. The molecule has 0 aliphatic heterocycles. The summed E-state index contributed by atoms with van der Waals surface area (Å²) < 4.78 is 5.49. The summed E-state index contributed by atoms with van der Waals surface area (Å²) >= 11 is 0. The number of hydrogen-bond acceptors (Lipinski definition) is 2. The zero-order chi connectivity index (χ0) is 12.3. The van der Waals surface area contributed by atoms with E-state index in [0.717, 1.165) is 12.3 Å². The van der Waals surface area contributed by atoms with E-state index in [0.29, 0.717) is 12.0 Å². The van der Waals surface area contributed by atoms with Crippen LogP contribution in [0.5, 0.6) is 5.75 Å². The molecule has 0 radical (unpaired) electrons. The van der Waals surface area contributed by atoms with Crippen LogP contribution in [0.15, 0.2) is 18.2 Å². The Hall–Kier alpha value is -1.02. The molecule has 2 atom stereocenters. The molecule has 2 rings (SSSR count). The maximum Gasteiger partial charge on any atom is 0.122 e. The van der Waals surface area contributed by atoms with Crippen LogP contribution in [0.1, 0.15) is 43.2 Å². The molecule has 0 aromatic heterocycles. The highest BCUT2D eigenvalue weighted by molar-refractivity contribution is 5.40. The second-order valence-corrected chi connectivity index (χ2v) is 5.01. The minimum absolute atomic E-state index is 0.661. The molecule has 0 heterocycles. The smallest absolute Gasteiger partial charge is 0.122 e. The van der Waals surface area contributed by atoms with E-state index in [1.807, 2.05) is 0 Å². The Morgan fingerprint density at radius 2 is 2.18 bits per heavy atom. The fraction of sp³-hybridized carbons (Fsp3) is 0.600. The second kappa shape index (κ2) is 5.54. The van der Waals surface area contributed by atoms with Gasteiger partial charge in [-0.15, -0.1) is 0 Å². The lowest BCUT2D eigenvalue weighted by Gasteiger charge is -2.16. The number of hydrogen-bond donors (Lipinski definition) is 1. The molecule has 0 amide bonds. The first-order valence-corrected chi connectivity index (χ1v) is 6.62. The molecular formula is C15H23NO. The van der Waals surface area contributed by atoms with Crippen LogP contribution in [0, 0.1) is 6.92 Å². The van der Waals surface area contributed by atoms with Crippen LogP contribution in [-0.4, -0.2) is 19.7 Å². The van der Waals surface area contributed by atoms with Gasteiger partial charge in [0.15, 0.2) is 0 Å². The lowest BCUT2D eigenvalue weighted by atomic mass is 9.95. The predicted octanol–water partition coefficient (Wildman–Crippen LogP) is 3.25. The highest BCUT2D eigenvalue weighted by Gasteiger charge is 2.27. The highest BCUT2D eigenvalue weighted by atomic mass is 16.5. The molecule has 1 aromatic carbocycles. The van der Waals surface area contributed by atoms with Crippen molar-refractivity contribution in [2.24, 2.45) is 0 Å². The van der Waals surface area contributed by atoms with Gasteiger partial charge in [-0.2, -0.15) is 0 Å². The second-order valence-electron chi connectivity index (χ2n) is 5.01. The van der Waals surface area contributed by atoms with Gasteiger partial charge in [0, 0.05) is 6.04 Å². The minimum Gasteiger partial charge on any atom is -0.496 e. The summed E-state index contributed by atoms with van der Waals surface area (Å²) in [5.74, 6) is 1.71. The Balaban J connectivity index is 2.14. The van der Waals surface area contributed by atoms with E-state index in [1.165, 1.54) is 30.4 Å². The SMILES string of the molecule is CCNC1CCC(c2cc(C)ccc2OC)C1. The van der Waals surface area contributed by atoms with Gasteiger partial charge >= 0.3 is 0 Å². The standard InChI is InChI=1S/C15H23NO/c1-4-16-13-7-6-12(10-13)14-9-11(2)5-8-15(14)17-3/h5,8-9,12-13,16H,4,6-7,10H2,1-3H3. The Kier molecular flexibility index (Phi) is 4.06. The minimum atomic E-state index is 0.661. The van der Waals surface area contributed by atoms with E-state index < -0.39 is 0 Å². The van der Waals surface area contributed by atoms with Gasteiger partial charge in [-0.25, -0.2) is 0 Å². The van der Waals surface area contributed by atoms with Gasteiger partial charge in [0.1, 0.15) is 5.75 Å². The van der Waals surface area contributed by atoms with Crippen LogP contribution in [-0.2, 0) is 0 Å². The maximum absolute atomic E-state index is 5.49. The highest BCUT2D eigenvalue weighted by Crippen LogP contribution is 2.39. The normalized spacial score (nSPS) is 23.9. The van der Waals surface area contributed by atoms with E-state index in [-0.39, 0.29) is 0 Å². The first-order valence-electron chi connectivity index (χ1n) is 6.62. The van der Waals surface area contributed by atoms with E-state index in [2.05, 4.69) is 37.4 Å². The molecule has 0 bridgehead atoms. The molecule has 17 heavy (non-hydrogen) atoms. The third-order valence-corrected chi connectivity index (χ3v) is 3.75. The Morgan fingerprint density at radius 1 is 1.35 bits per heavy atom. The first-order chi connectivity index (χ1) is 8.24. The average Bonchev–Trinajstić information content (AvgIpc) is 2.78. The van der Waals surface area contributed by atoms with Gasteiger partial charge in [-0.3, -0.25) is 0 Å². The van der Waals surface area contributed by atoms with Crippen LogP contribution in [0.25, 0.3) is 0 Å². The number of benzene rings is 1. The zero-order valence-corrected chi connectivity index (χ0v) is 11.1. The summed E-state index contributed by atoms with van der Waals surface area (Å²) in [5.41, 5.74) is 2.72. The Morgan fingerprint density at radius 3 is 2.88 bits per heavy atom. The summed E-state index contributed by atoms with van der Waals surface area (Å²) in [6.07, 6.45) is 3.81. The van der Waals surface area contributed by atoms with Gasteiger partial charge in [-0.05, 0) is 50.3 Å². The summed E-state index contributed by atoms with van der Waals surface area (Å²) in [5, 5.41) is 3.56. The topological polar surface area (TPSA) is 21.3 Å². The van der Waals surface area contributed by atoms with Crippen LogP contribution in [0.2, 0.25) is 0 Å². The van der Waals surface area contributed by atoms with Gasteiger partial charge in [-0.1, -0.05) is 24.6 Å². The Labute approximate surface area is 104 Å². The van der Waals surface area contributed by atoms with Crippen LogP contribution in [0.4, 0.5) is 0 Å². The number of rotatable bonds is 4. The maximum atomic E-state index is 5.49. The zero-order valence-electron chi connectivity index (χ0n) is 11.1. The van der Waals surface area contributed by atoms with Crippen molar-refractivity contribution < 1.29 is 4.74 Å². The van der Waals surface area contributed by atoms with Gasteiger partial charge in [0.2, 0.25) is 0 Å². The van der Waals surface area contributed by atoms with Crippen molar-refractivity contribution in [2.75, 3.05) is 13.7 Å². The fourth-order valence-electron chi connectivity index (χ4n) is 2.91. The molecule has 2 heteroatoms. The lowest BCUT2D eigenvalue weighted by Crippen LogP contribution is -2.25. The summed E-state index contributed by atoms with van der Waals surface area (Å²) in [4.78, 5) is 0. The van der Waals surface area contributed by atoms with E-state index in [9.17, 15) is 0 Å². The third-order valence-electron chi connectivity index (χ3n) is 3.75. The van der Waals surface area contributed by atoms with Gasteiger partial charge in [0.25, 0.3) is 0 Å². The molecule has 2 nitrogen and oxygen atoms in total. The van der Waals surface area contributed by atoms with Crippen molar-refractivity contribution in [3.63, 3.8) is 0 Å². The third kappa shape index (κ3) is 2.81. The van der Waals surface area contributed by atoms with Crippen molar-refractivity contribution in [3.8, 4) is 5.75 Å². The number of methoxy groups -OCH3 is 1. The van der Waals surface area contributed by atoms with Crippen molar-refractivity contribution in [2.45, 2.75) is 45.1 Å².